The van der Waals surface area contributed by atoms with Gasteiger partial charge in [0.2, 0.25) is 5.82 Å². The van der Waals surface area contributed by atoms with Gasteiger partial charge < -0.3 is 5.11 Å². The van der Waals surface area contributed by atoms with Gasteiger partial charge in [-0.3, -0.25) is 0 Å². The number of fused-ring (bicyclic) bond motifs is 1. The second kappa shape index (κ2) is 7.58. The van der Waals surface area contributed by atoms with Gasteiger partial charge in [0.05, 0.1) is 16.7 Å². The van der Waals surface area contributed by atoms with Crippen LogP contribution < -0.4 is 0 Å². The van der Waals surface area contributed by atoms with Crippen molar-refractivity contribution >= 4 is 34.4 Å². The highest BCUT2D eigenvalue weighted by atomic mass is 16.3. The Balaban J connectivity index is 1.81. The number of benzene rings is 3. The van der Waals surface area contributed by atoms with Crippen molar-refractivity contribution in [1.82, 2.24) is 9.97 Å². The highest BCUT2D eigenvalue weighted by Gasteiger charge is 2.09. The zero-order chi connectivity index (χ0) is 18.5. The highest BCUT2D eigenvalue weighted by molar-refractivity contribution is 5.83. The fourth-order valence-corrected chi connectivity index (χ4v) is 2.60. The summed E-state index contributed by atoms with van der Waals surface area (Å²) >= 11 is 0. The van der Waals surface area contributed by atoms with E-state index in [1.54, 1.807) is 6.08 Å². The maximum Gasteiger partial charge on any atom is 0.201 e. The van der Waals surface area contributed by atoms with Crippen LogP contribution in [0.3, 0.4) is 0 Å². The molecule has 5 nitrogen and oxygen atoms in total. The summed E-state index contributed by atoms with van der Waals surface area (Å²) in [6, 6.07) is 26.2. The maximum atomic E-state index is 10.5. The molecule has 1 aromatic heterocycles. The number of para-hydroxylation sites is 2. The number of hydrogen-bond acceptors (Lipinski definition) is 5. The van der Waals surface area contributed by atoms with Crippen molar-refractivity contribution in [2.24, 2.45) is 10.2 Å². The van der Waals surface area contributed by atoms with Gasteiger partial charge in [0.15, 0.2) is 0 Å². The third-order valence-electron chi connectivity index (χ3n) is 3.94. The molecular formula is C22H16N4O. The lowest BCUT2D eigenvalue weighted by molar-refractivity contribution is 0.515. The van der Waals surface area contributed by atoms with Gasteiger partial charge in [0.25, 0.3) is 0 Å². The molecule has 0 saturated heterocycles. The smallest absolute Gasteiger partial charge is 0.201 e. The number of rotatable bonds is 4. The molecule has 0 fully saturated rings. The summed E-state index contributed by atoms with van der Waals surface area (Å²) in [5.41, 5.74) is 3.31. The average Bonchev–Trinajstić information content (AvgIpc) is 2.73. The van der Waals surface area contributed by atoms with Gasteiger partial charge in [-0.25, -0.2) is 9.97 Å². The molecule has 1 N–H and O–H groups in total. The van der Waals surface area contributed by atoms with Crippen LogP contribution >= 0.6 is 0 Å². The minimum Gasteiger partial charge on any atom is -0.507 e. The van der Waals surface area contributed by atoms with E-state index in [-0.39, 0.29) is 5.76 Å². The maximum absolute atomic E-state index is 10.5. The lowest BCUT2D eigenvalue weighted by atomic mass is 10.1. The van der Waals surface area contributed by atoms with Gasteiger partial charge in [-0.2, -0.15) is 0 Å². The zero-order valence-electron chi connectivity index (χ0n) is 14.4. The second-order valence-electron chi connectivity index (χ2n) is 5.85. The second-order valence-corrected chi connectivity index (χ2v) is 5.85. The first-order chi connectivity index (χ1) is 13.3. The molecule has 0 radical (unpaired) electrons. The summed E-state index contributed by atoms with van der Waals surface area (Å²) in [6.45, 7) is 0. The first-order valence-electron chi connectivity index (χ1n) is 8.49. The lowest BCUT2D eigenvalue weighted by Gasteiger charge is -2.04. The molecule has 0 unspecified atom stereocenters. The van der Waals surface area contributed by atoms with Gasteiger partial charge in [-0.1, -0.05) is 60.7 Å². The Morgan fingerprint density at radius 2 is 1.30 bits per heavy atom. The minimum atomic E-state index is 0.0938. The molecule has 4 rings (SSSR count). The van der Waals surface area contributed by atoms with Crippen molar-refractivity contribution in [2.75, 3.05) is 0 Å². The van der Waals surface area contributed by atoms with Crippen LogP contribution in [0.5, 0.6) is 0 Å². The van der Waals surface area contributed by atoms with Crippen LogP contribution in [0.25, 0.3) is 22.9 Å². The van der Waals surface area contributed by atoms with Crippen LogP contribution in [0.1, 0.15) is 11.3 Å². The van der Waals surface area contributed by atoms with E-state index in [1.807, 2.05) is 84.9 Å². The molecule has 1 heterocycles. The van der Waals surface area contributed by atoms with E-state index >= 15 is 0 Å². The molecule has 0 amide bonds. The summed E-state index contributed by atoms with van der Waals surface area (Å²) < 4.78 is 0. The molecule has 0 atom stereocenters. The molecule has 5 heteroatoms. The molecule has 0 spiro atoms. The molecular weight excluding hydrogens is 336 g/mol. The van der Waals surface area contributed by atoms with Crippen molar-refractivity contribution < 1.29 is 5.11 Å². The Hall–Kier alpha value is -3.86. The van der Waals surface area contributed by atoms with Crippen molar-refractivity contribution in [2.45, 2.75) is 0 Å². The first kappa shape index (κ1) is 16.6. The van der Waals surface area contributed by atoms with E-state index in [0.29, 0.717) is 17.1 Å². The predicted molar refractivity (Wildman–Crippen MR) is 107 cm³/mol. The summed E-state index contributed by atoms with van der Waals surface area (Å²) in [6.07, 6.45) is 1.56. The molecule has 4 aromatic rings. The van der Waals surface area contributed by atoms with Crippen molar-refractivity contribution in [3.8, 4) is 0 Å². The summed E-state index contributed by atoms with van der Waals surface area (Å²) in [5, 5.41) is 19.0. The topological polar surface area (TPSA) is 70.7 Å². The van der Waals surface area contributed by atoms with E-state index in [2.05, 4.69) is 20.2 Å². The van der Waals surface area contributed by atoms with Crippen molar-refractivity contribution in [3.05, 3.63) is 96.2 Å². The highest BCUT2D eigenvalue weighted by Crippen LogP contribution is 2.25. The van der Waals surface area contributed by atoms with Crippen LogP contribution in [-0.4, -0.2) is 15.1 Å². The van der Waals surface area contributed by atoms with Crippen LogP contribution in [0.4, 0.5) is 11.5 Å². The number of aliphatic hydroxyl groups is 1. The van der Waals surface area contributed by atoms with Gasteiger partial charge in [0.1, 0.15) is 11.5 Å². The van der Waals surface area contributed by atoms with E-state index in [4.69, 9.17) is 0 Å². The normalized spacial score (nSPS) is 11.9. The Kier molecular flexibility index (Phi) is 4.66. The van der Waals surface area contributed by atoms with Crippen LogP contribution in [-0.2, 0) is 0 Å². The Morgan fingerprint density at radius 1 is 0.704 bits per heavy atom. The molecule has 130 valence electrons. The van der Waals surface area contributed by atoms with Crippen LogP contribution in [0.2, 0.25) is 0 Å². The fourth-order valence-electron chi connectivity index (χ4n) is 2.60. The Bertz CT molecular complexity index is 1120. The molecule has 27 heavy (non-hydrogen) atoms. The van der Waals surface area contributed by atoms with E-state index in [9.17, 15) is 5.11 Å². The van der Waals surface area contributed by atoms with Gasteiger partial charge in [-0.15, -0.1) is 10.2 Å². The summed E-state index contributed by atoms with van der Waals surface area (Å²) in [7, 11) is 0. The van der Waals surface area contributed by atoms with E-state index in [0.717, 1.165) is 16.7 Å². The quantitative estimate of drug-likeness (QED) is 0.356. The third kappa shape index (κ3) is 3.88. The molecule has 0 saturated carbocycles. The predicted octanol–water partition coefficient (Wildman–Crippen LogP) is 6.10. The Morgan fingerprint density at radius 3 is 2.00 bits per heavy atom. The fraction of sp³-hybridized carbons (Fsp3) is 0. The molecule has 0 aliphatic carbocycles. The lowest BCUT2D eigenvalue weighted by Crippen LogP contribution is -1.91. The SMILES string of the molecule is O/C(=C\c1nc2ccccc2nc1N=Nc1ccccc1)c1ccccc1. The van der Waals surface area contributed by atoms with Gasteiger partial charge >= 0.3 is 0 Å². The summed E-state index contributed by atoms with van der Waals surface area (Å²) in [5.74, 6) is 0.441. The molecule has 3 aromatic carbocycles. The number of aromatic nitrogens is 2. The van der Waals surface area contributed by atoms with Gasteiger partial charge in [-0.05, 0) is 24.3 Å². The van der Waals surface area contributed by atoms with Crippen molar-refractivity contribution in [1.29, 1.82) is 0 Å². The number of aliphatic hydroxyl groups excluding tert-OH is 1. The standard InChI is InChI=1S/C22H16N4O/c27-21(16-9-3-1-4-10-16)15-20-22(26-25-17-11-5-2-6-12-17)24-19-14-8-7-13-18(19)23-20/h1-15,27H/b21-15-,26-25?. The van der Waals surface area contributed by atoms with E-state index < -0.39 is 0 Å². The third-order valence-corrected chi connectivity index (χ3v) is 3.94. The van der Waals surface area contributed by atoms with Gasteiger partial charge in [0, 0.05) is 11.6 Å². The molecule has 0 aliphatic rings. The average molecular weight is 352 g/mol. The van der Waals surface area contributed by atoms with Crippen LogP contribution in [0, 0.1) is 0 Å². The number of hydrogen-bond donors (Lipinski definition) is 1. The monoisotopic (exact) mass is 352 g/mol. The number of azo groups is 1. The molecule has 0 bridgehead atoms. The Labute approximate surface area is 156 Å². The number of nitrogens with zero attached hydrogens (tertiary/aromatic N) is 4. The first-order valence-corrected chi connectivity index (χ1v) is 8.49. The largest absolute Gasteiger partial charge is 0.507 e. The summed E-state index contributed by atoms with van der Waals surface area (Å²) in [4.78, 5) is 9.16. The zero-order valence-corrected chi connectivity index (χ0v) is 14.4. The van der Waals surface area contributed by atoms with Crippen molar-refractivity contribution in [3.63, 3.8) is 0 Å². The van der Waals surface area contributed by atoms with Crippen LogP contribution in [0.15, 0.2) is 95.2 Å². The molecule has 0 aliphatic heterocycles. The van der Waals surface area contributed by atoms with E-state index in [1.165, 1.54) is 0 Å². The minimum absolute atomic E-state index is 0.0938.